The van der Waals surface area contributed by atoms with E-state index in [9.17, 15) is 4.21 Å². The van der Waals surface area contributed by atoms with Crippen LogP contribution in [0.4, 0.5) is 0 Å². The Morgan fingerprint density at radius 3 is 2.70 bits per heavy atom. The molecule has 0 spiro atoms. The Hall–Kier alpha value is -1.52. The van der Waals surface area contributed by atoms with Crippen molar-refractivity contribution in [1.29, 1.82) is 0 Å². The summed E-state index contributed by atoms with van der Waals surface area (Å²) in [5.41, 5.74) is 3.90. The first-order valence-electron chi connectivity index (χ1n) is 6.77. The van der Waals surface area contributed by atoms with E-state index in [1.165, 1.54) is 22.0 Å². The summed E-state index contributed by atoms with van der Waals surface area (Å²) in [6.45, 7) is 1.53. The van der Waals surface area contributed by atoms with E-state index in [0.717, 1.165) is 19.5 Å². The highest BCUT2D eigenvalue weighted by molar-refractivity contribution is 7.97. The summed E-state index contributed by atoms with van der Waals surface area (Å²) in [5, 5.41) is 1.29. The zero-order valence-corrected chi connectivity index (χ0v) is 12.8. The Balaban J connectivity index is 2.00. The number of benzene rings is 1. The second-order valence-corrected chi connectivity index (χ2v) is 7.93. The zero-order chi connectivity index (χ0) is 14.3. The van der Waals surface area contributed by atoms with Gasteiger partial charge in [-0.25, -0.2) is 4.31 Å². The van der Waals surface area contributed by atoms with Gasteiger partial charge in [0.05, 0.1) is 0 Å². The van der Waals surface area contributed by atoms with E-state index in [2.05, 4.69) is 54.0 Å². The molecule has 3 rings (SSSR count). The van der Waals surface area contributed by atoms with Gasteiger partial charge in [0.1, 0.15) is 0 Å². The maximum atomic E-state index is 12.0. The fourth-order valence-corrected chi connectivity index (χ4v) is 3.71. The van der Waals surface area contributed by atoms with Crippen LogP contribution in [0.2, 0.25) is 0 Å². The minimum absolute atomic E-state index is 0.720. The monoisotopic (exact) mass is 288 g/mol. The van der Waals surface area contributed by atoms with Crippen molar-refractivity contribution in [2.24, 2.45) is 7.05 Å². The molecule has 0 N–H and O–H groups in total. The van der Waals surface area contributed by atoms with Crippen LogP contribution in [0.15, 0.2) is 36.5 Å². The predicted octanol–water partition coefficient (Wildman–Crippen LogP) is 2.53. The van der Waals surface area contributed by atoms with Gasteiger partial charge in [-0.1, -0.05) is 24.3 Å². The molecule has 4 heteroatoms. The van der Waals surface area contributed by atoms with Crippen molar-refractivity contribution in [3.8, 4) is 0 Å². The molecule has 0 saturated heterocycles. The molecule has 20 heavy (non-hydrogen) atoms. The summed E-state index contributed by atoms with van der Waals surface area (Å²) < 4.78 is 16.1. The average Bonchev–Trinajstić information content (AvgIpc) is 2.76. The lowest BCUT2D eigenvalue weighted by Crippen LogP contribution is -2.33. The molecule has 0 radical (unpaired) electrons. The zero-order valence-electron chi connectivity index (χ0n) is 12.0. The van der Waals surface area contributed by atoms with Crippen molar-refractivity contribution in [1.82, 2.24) is 8.87 Å². The molecule has 0 bridgehead atoms. The van der Waals surface area contributed by atoms with Crippen LogP contribution < -0.4 is 0 Å². The molecule has 0 amide bonds. The van der Waals surface area contributed by atoms with Gasteiger partial charge in [-0.3, -0.25) is 4.21 Å². The van der Waals surface area contributed by atoms with Gasteiger partial charge in [0.25, 0.3) is 0 Å². The molecule has 1 aliphatic heterocycles. The number of para-hydroxylation sites is 1. The molecule has 2 heterocycles. The summed E-state index contributed by atoms with van der Waals surface area (Å²) in [6, 6.07) is 8.46. The van der Waals surface area contributed by atoms with Crippen molar-refractivity contribution >= 4 is 32.1 Å². The summed E-state index contributed by atoms with van der Waals surface area (Å²) in [5.74, 6) is 3.77. The highest BCUT2D eigenvalue weighted by Crippen LogP contribution is 2.30. The van der Waals surface area contributed by atoms with E-state index < -0.39 is 9.71 Å². The van der Waals surface area contributed by atoms with Crippen molar-refractivity contribution in [3.63, 3.8) is 0 Å². The quantitative estimate of drug-likeness (QED) is 0.780. The molecule has 1 unspecified atom stereocenters. The number of fused-ring (bicyclic) bond motifs is 1. The van der Waals surface area contributed by atoms with Gasteiger partial charge in [0, 0.05) is 58.8 Å². The highest BCUT2D eigenvalue weighted by atomic mass is 32.2. The third-order valence-electron chi connectivity index (χ3n) is 3.96. The Bertz CT molecular complexity index is 784. The maximum absolute atomic E-state index is 12.0. The van der Waals surface area contributed by atoms with Crippen molar-refractivity contribution in [2.45, 2.75) is 6.42 Å². The minimum atomic E-state index is -2.09. The standard InChI is InChI=1S/C16H20N2OS/c1-17-12-15(14-6-4-5-7-16(14)17)13-8-10-18(11-9-13)20(2,3)19/h4-8,12H,2,9-11H2,1,3H3. The Labute approximate surface area is 120 Å². The lowest BCUT2D eigenvalue weighted by Gasteiger charge is -2.27. The first kappa shape index (κ1) is 13.5. The molecule has 0 aliphatic carbocycles. The summed E-state index contributed by atoms with van der Waals surface area (Å²) in [4.78, 5) is 0. The summed E-state index contributed by atoms with van der Waals surface area (Å²) >= 11 is 0. The number of nitrogens with zero attached hydrogens (tertiary/aromatic N) is 2. The van der Waals surface area contributed by atoms with Crippen molar-refractivity contribution in [2.75, 3.05) is 19.3 Å². The summed E-state index contributed by atoms with van der Waals surface area (Å²) in [6.07, 6.45) is 7.03. The maximum Gasteiger partial charge on any atom is 0.0484 e. The second kappa shape index (κ2) is 4.79. The van der Waals surface area contributed by atoms with Crippen molar-refractivity contribution in [3.05, 3.63) is 42.1 Å². The normalized spacial score (nSPS) is 19.8. The third-order valence-corrected chi connectivity index (χ3v) is 5.38. The van der Waals surface area contributed by atoms with E-state index in [1.807, 2.05) is 4.31 Å². The Morgan fingerprint density at radius 2 is 2.05 bits per heavy atom. The smallest absolute Gasteiger partial charge is 0.0484 e. The molecule has 1 atom stereocenters. The van der Waals surface area contributed by atoms with Gasteiger partial charge in [-0.2, -0.15) is 0 Å². The number of rotatable bonds is 2. The van der Waals surface area contributed by atoms with Gasteiger partial charge < -0.3 is 4.57 Å². The molecular weight excluding hydrogens is 268 g/mol. The molecular formula is C16H20N2OS. The molecule has 1 aromatic heterocycles. The first-order chi connectivity index (χ1) is 9.47. The van der Waals surface area contributed by atoms with Crippen LogP contribution >= 0.6 is 0 Å². The van der Waals surface area contributed by atoms with Gasteiger partial charge in [-0.05, 0) is 23.9 Å². The topological polar surface area (TPSA) is 25.2 Å². The van der Waals surface area contributed by atoms with Gasteiger partial charge in [-0.15, -0.1) is 0 Å². The van der Waals surface area contributed by atoms with Crippen LogP contribution in [-0.4, -0.2) is 38.3 Å². The van der Waals surface area contributed by atoms with Gasteiger partial charge >= 0.3 is 0 Å². The largest absolute Gasteiger partial charge is 0.350 e. The second-order valence-electron chi connectivity index (χ2n) is 5.50. The molecule has 1 aromatic carbocycles. The molecule has 0 saturated carbocycles. The highest BCUT2D eigenvalue weighted by Gasteiger charge is 2.18. The van der Waals surface area contributed by atoms with E-state index in [0.29, 0.717) is 0 Å². The Morgan fingerprint density at radius 1 is 1.30 bits per heavy atom. The van der Waals surface area contributed by atoms with Crippen LogP contribution in [0.3, 0.4) is 0 Å². The van der Waals surface area contributed by atoms with Crippen LogP contribution in [0.5, 0.6) is 0 Å². The SMILES string of the molecule is C=S(C)(=O)N1CC=C(c2cn(C)c3ccccc23)CC1. The lowest BCUT2D eigenvalue weighted by molar-refractivity contribution is 0.484. The minimum Gasteiger partial charge on any atom is -0.350 e. The van der Waals surface area contributed by atoms with Crippen LogP contribution in [-0.2, 0) is 16.8 Å². The predicted molar refractivity (Wildman–Crippen MR) is 88.3 cm³/mol. The molecule has 0 fully saturated rings. The fraction of sp³-hybridized carbons (Fsp3) is 0.312. The van der Waals surface area contributed by atoms with E-state index in [-0.39, 0.29) is 0 Å². The number of hydrogen-bond donors (Lipinski definition) is 0. The van der Waals surface area contributed by atoms with Gasteiger partial charge in [0.15, 0.2) is 0 Å². The average molecular weight is 288 g/mol. The fourth-order valence-electron chi connectivity index (χ4n) is 2.84. The van der Waals surface area contributed by atoms with E-state index >= 15 is 0 Å². The number of aryl methyl sites for hydroxylation is 1. The molecule has 1 aliphatic rings. The number of aromatic nitrogens is 1. The third kappa shape index (κ3) is 2.30. The lowest BCUT2D eigenvalue weighted by atomic mass is 10.00. The molecule has 2 aromatic rings. The van der Waals surface area contributed by atoms with Gasteiger partial charge in [0.2, 0.25) is 0 Å². The number of hydrogen-bond acceptors (Lipinski definition) is 1. The van der Waals surface area contributed by atoms with E-state index in [1.54, 1.807) is 6.26 Å². The van der Waals surface area contributed by atoms with Crippen molar-refractivity contribution < 1.29 is 4.21 Å². The van der Waals surface area contributed by atoms with Crippen LogP contribution in [0.25, 0.3) is 16.5 Å². The molecule has 3 nitrogen and oxygen atoms in total. The Kier molecular flexibility index (Phi) is 3.22. The van der Waals surface area contributed by atoms with E-state index in [4.69, 9.17) is 0 Å². The van der Waals surface area contributed by atoms with Crippen LogP contribution in [0, 0.1) is 0 Å². The first-order valence-corrected chi connectivity index (χ1v) is 8.87. The summed E-state index contributed by atoms with van der Waals surface area (Å²) in [7, 11) is -0.00553. The molecule has 106 valence electrons. The van der Waals surface area contributed by atoms with Crippen LogP contribution in [0.1, 0.15) is 12.0 Å².